The second-order valence-corrected chi connectivity index (χ2v) is 20.7. The van der Waals surface area contributed by atoms with Crippen LogP contribution in [0.5, 0.6) is 17.2 Å². The number of hydrogen-bond donors (Lipinski definition) is 3. The molecule has 75 heavy (non-hydrogen) atoms. The van der Waals surface area contributed by atoms with Crippen molar-refractivity contribution in [1.29, 1.82) is 0 Å². The highest BCUT2D eigenvalue weighted by Crippen LogP contribution is 2.53. The van der Waals surface area contributed by atoms with Crippen LogP contribution in [0.2, 0.25) is 0 Å². The number of unbranched alkanes of at least 4 members (excludes halogenated alkanes) is 6. The van der Waals surface area contributed by atoms with Crippen molar-refractivity contribution in [3.63, 3.8) is 0 Å². The molecule has 0 radical (unpaired) electrons. The summed E-state index contributed by atoms with van der Waals surface area (Å²) < 4.78 is 0. The van der Waals surface area contributed by atoms with E-state index in [1.54, 1.807) is 0 Å². The second-order valence-electron chi connectivity index (χ2n) is 20.7. The fraction of sp³-hybridized carbons (Fsp3) is 0.261. The van der Waals surface area contributed by atoms with Gasteiger partial charge < -0.3 is 15.3 Å². The average molecular weight is 988 g/mol. The number of fused-ring (bicyclic) bond motifs is 3. The molecule has 0 aliphatic carbocycles. The summed E-state index contributed by atoms with van der Waals surface area (Å²) in [5.41, 5.74) is 18.8. The van der Waals surface area contributed by atoms with E-state index >= 15 is 0 Å². The number of rotatable bonds is 18. The molecule has 0 saturated heterocycles. The molecule has 0 amide bonds. The van der Waals surface area contributed by atoms with E-state index in [2.05, 4.69) is 147 Å². The van der Waals surface area contributed by atoms with Crippen molar-refractivity contribution in [1.82, 2.24) is 15.0 Å². The molecule has 6 heteroatoms. The van der Waals surface area contributed by atoms with Crippen LogP contribution in [-0.2, 0) is 19.3 Å². The number of nitrogens with zero attached hydrogens (tertiary/aromatic N) is 3. The first kappa shape index (κ1) is 50.7. The van der Waals surface area contributed by atoms with E-state index in [-0.39, 0.29) is 17.2 Å². The highest BCUT2D eigenvalue weighted by molar-refractivity contribution is 6.00. The zero-order valence-corrected chi connectivity index (χ0v) is 44.5. The summed E-state index contributed by atoms with van der Waals surface area (Å²) in [6.45, 7) is 13.1. The van der Waals surface area contributed by atoms with Gasteiger partial charge in [0.2, 0.25) is 0 Å². The van der Waals surface area contributed by atoms with E-state index in [0.29, 0.717) is 0 Å². The first-order valence-electron chi connectivity index (χ1n) is 27.3. The van der Waals surface area contributed by atoms with E-state index in [1.807, 2.05) is 55.0 Å². The number of benzene rings is 7. The number of phenolic OH excluding ortho intramolecular Hbond substituents is 3. The third kappa shape index (κ3) is 10.2. The van der Waals surface area contributed by atoms with Crippen molar-refractivity contribution < 1.29 is 15.3 Å². The molecule has 378 valence electrons. The predicted octanol–water partition coefficient (Wildman–Crippen LogP) is 18.6. The molecule has 3 N–H and O–H groups in total. The maximum absolute atomic E-state index is 13.1. The third-order valence-electron chi connectivity index (χ3n) is 15.5. The van der Waals surface area contributed by atoms with Crippen molar-refractivity contribution >= 4 is 32.7 Å². The van der Waals surface area contributed by atoms with Crippen LogP contribution in [0.25, 0.3) is 99.5 Å². The van der Waals surface area contributed by atoms with Crippen molar-refractivity contribution in [2.45, 2.75) is 119 Å². The zero-order chi connectivity index (χ0) is 52.2. The Morgan fingerprint density at radius 2 is 0.613 bits per heavy atom. The molecule has 6 nitrogen and oxygen atoms in total. The normalized spacial score (nSPS) is 11.6. The molecule has 0 fully saturated rings. The van der Waals surface area contributed by atoms with Crippen LogP contribution in [0.3, 0.4) is 0 Å². The second kappa shape index (κ2) is 22.3. The Morgan fingerprint density at radius 1 is 0.333 bits per heavy atom. The van der Waals surface area contributed by atoms with Gasteiger partial charge in [0.05, 0.1) is 16.6 Å². The summed E-state index contributed by atoms with van der Waals surface area (Å²) in [4.78, 5) is 13.8. The lowest BCUT2D eigenvalue weighted by Crippen LogP contribution is -2.04. The molecule has 0 aliphatic heterocycles. The summed E-state index contributed by atoms with van der Waals surface area (Å²) in [6, 6.07) is 43.8. The van der Waals surface area contributed by atoms with Gasteiger partial charge in [0.1, 0.15) is 17.2 Å². The predicted molar refractivity (Wildman–Crippen MR) is 314 cm³/mol. The van der Waals surface area contributed by atoms with Gasteiger partial charge in [-0.3, -0.25) is 15.0 Å². The van der Waals surface area contributed by atoms with Gasteiger partial charge in [0.15, 0.2) is 0 Å². The first-order chi connectivity index (χ1) is 36.6. The Balaban J connectivity index is 1.30. The summed E-state index contributed by atoms with van der Waals surface area (Å²) in [5, 5.41) is 42.2. The monoisotopic (exact) mass is 988 g/mol. The van der Waals surface area contributed by atoms with Gasteiger partial charge in [-0.15, -0.1) is 0 Å². The fourth-order valence-electron chi connectivity index (χ4n) is 11.6. The van der Waals surface area contributed by atoms with Crippen LogP contribution >= 0.6 is 0 Å². The van der Waals surface area contributed by atoms with Gasteiger partial charge in [-0.2, -0.15) is 0 Å². The lowest BCUT2D eigenvalue weighted by atomic mass is 9.78. The summed E-state index contributed by atoms with van der Waals surface area (Å²) >= 11 is 0. The number of aromatic nitrogens is 3. The van der Waals surface area contributed by atoms with Crippen LogP contribution < -0.4 is 0 Å². The molecule has 10 aromatic rings. The van der Waals surface area contributed by atoms with Gasteiger partial charge in [-0.1, -0.05) is 95.7 Å². The smallest absolute Gasteiger partial charge is 0.131 e. The van der Waals surface area contributed by atoms with Crippen LogP contribution in [-0.4, -0.2) is 30.3 Å². The molecular weight excluding hydrogens is 919 g/mol. The van der Waals surface area contributed by atoms with Gasteiger partial charge in [-0.25, -0.2) is 0 Å². The van der Waals surface area contributed by atoms with Crippen LogP contribution in [0.4, 0.5) is 0 Å². The number of phenols is 3. The minimum atomic E-state index is 0.190. The highest BCUT2D eigenvalue weighted by Gasteiger charge is 2.29. The van der Waals surface area contributed by atoms with Crippen molar-refractivity contribution in [2.75, 3.05) is 0 Å². The average Bonchev–Trinajstić information content (AvgIpc) is 3.42. The van der Waals surface area contributed by atoms with Crippen molar-refractivity contribution in [3.8, 4) is 84.0 Å². The molecule has 3 aromatic heterocycles. The molecule has 7 aromatic carbocycles. The number of aromatic hydroxyl groups is 3. The molecule has 3 heterocycles. The van der Waals surface area contributed by atoms with Crippen molar-refractivity contribution in [3.05, 3.63) is 179 Å². The fourth-order valence-corrected chi connectivity index (χ4v) is 11.6. The molecule has 10 rings (SSSR count). The number of aryl methyl sites for hydroxylation is 3. The van der Waals surface area contributed by atoms with Crippen LogP contribution in [0.15, 0.2) is 146 Å². The van der Waals surface area contributed by atoms with Crippen molar-refractivity contribution in [2.24, 2.45) is 0 Å². The molecule has 0 atom stereocenters. The maximum atomic E-state index is 13.1. The Bertz CT molecular complexity index is 3330. The molecule has 0 aliphatic rings. The van der Waals surface area contributed by atoms with Crippen LogP contribution in [0, 0.1) is 20.8 Å². The maximum Gasteiger partial charge on any atom is 0.131 e. The highest BCUT2D eigenvalue weighted by atomic mass is 16.3. The van der Waals surface area contributed by atoms with E-state index in [9.17, 15) is 15.3 Å². The summed E-state index contributed by atoms with van der Waals surface area (Å²) in [6.07, 6.45) is 17.6. The van der Waals surface area contributed by atoms with E-state index in [0.717, 1.165) is 210 Å². The van der Waals surface area contributed by atoms with Gasteiger partial charge in [0.25, 0.3) is 0 Å². The lowest BCUT2D eigenvalue weighted by molar-refractivity contribution is 0.479. The lowest BCUT2D eigenvalue weighted by Gasteiger charge is -2.27. The Kier molecular flexibility index (Phi) is 15.1. The topological polar surface area (TPSA) is 99.4 Å². The summed E-state index contributed by atoms with van der Waals surface area (Å²) in [7, 11) is 0. The molecular formula is C69H69N3O3. The first-order valence-corrected chi connectivity index (χ1v) is 27.3. The Morgan fingerprint density at radius 3 is 0.893 bits per heavy atom. The van der Waals surface area contributed by atoms with E-state index in [1.165, 1.54) is 0 Å². The standard InChI is InChI=1S/C69H69N3O3/c1-7-10-13-19-46-34-55(49-25-28-61-52(40-49)22-16-31-70-61)67(73)58(37-46)64-43(4)65(59-38-47(20-14-11-8-2)35-56(68(59)74)50-26-29-62-53(41-50)23-17-32-71-62)45(6)66(44(64)5)60-39-48(21-15-12-9-3)36-57(69(60)75)51-27-30-63-54(42-51)24-18-33-72-63/h16-18,22-42,73-75H,7-15,19-21H2,1-6H3. The largest absolute Gasteiger partial charge is 0.507 e. The molecule has 0 unspecified atom stereocenters. The quantitative estimate of drug-likeness (QED) is 0.0741. The van der Waals surface area contributed by atoms with Crippen LogP contribution in [0.1, 0.15) is 112 Å². The minimum Gasteiger partial charge on any atom is -0.507 e. The Hall–Kier alpha value is -7.83. The third-order valence-corrected chi connectivity index (χ3v) is 15.5. The molecule has 0 spiro atoms. The minimum absolute atomic E-state index is 0.190. The molecule has 0 saturated carbocycles. The SMILES string of the molecule is CCCCCc1cc(-c2ccc3ncccc3c2)c(O)c(-c2c(C)c(-c3cc(CCCCC)cc(-c4ccc5ncccc5c4)c3O)c(C)c(-c3cc(CCCCC)cc(-c4ccc5ncccc5c4)c3O)c2C)c1. The zero-order valence-electron chi connectivity index (χ0n) is 44.5. The van der Waals surface area contributed by atoms with Gasteiger partial charge >= 0.3 is 0 Å². The van der Waals surface area contributed by atoms with E-state index in [4.69, 9.17) is 0 Å². The summed E-state index contributed by atoms with van der Waals surface area (Å²) in [5.74, 6) is 0.571. The number of pyridine rings is 3. The number of hydrogen-bond acceptors (Lipinski definition) is 6. The Labute approximate surface area is 442 Å². The van der Waals surface area contributed by atoms with Gasteiger partial charge in [-0.05, 0) is 217 Å². The van der Waals surface area contributed by atoms with E-state index < -0.39 is 0 Å². The molecule has 0 bridgehead atoms. The van der Waals surface area contributed by atoms with Gasteiger partial charge in [0, 0.05) is 68.1 Å².